The molecule has 0 radical (unpaired) electrons. The number of aromatic nitrogens is 4. The van der Waals surface area contributed by atoms with Gasteiger partial charge in [0.2, 0.25) is 5.82 Å². The molecule has 2 rings (SSSR count). The molecule has 0 aliphatic rings. The van der Waals surface area contributed by atoms with Gasteiger partial charge in [-0.15, -0.1) is 10.2 Å². The molecule has 0 fully saturated rings. The molecule has 0 unspecified atom stereocenters. The predicted molar refractivity (Wildman–Crippen MR) is 64.7 cm³/mol. The van der Waals surface area contributed by atoms with E-state index in [1.165, 1.54) is 4.80 Å². The highest BCUT2D eigenvalue weighted by Crippen LogP contribution is 2.11. The number of hydrogen-bond donors (Lipinski definition) is 1. The fourth-order valence-electron chi connectivity index (χ4n) is 1.25. The van der Waals surface area contributed by atoms with Gasteiger partial charge in [-0.1, -0.05) is 42.5 Å². The quantitative estimate of drug-likeness (QED) is 0.798. The van der Waals surface area contributed by atoms with Gasteiger partial charge in [0.1, 0.15) is 0 Å². The fourth-order valence-corrected chi connectivity index (χ4v) is 1.34. The number of hydrogen-bond acceptors (Lipinski definition) is 4. The second kappa shape index (κ2) is 4.80. The van der Waals surface area contributed by atoms with Gasteiger partial charge in [0.15, 0.2) is 0 Å². The van der Waals surface area contributed by atoms with E-state index in [4.69, 9.17) is 18.0 Å². The number of nitrogens with two attached hydrogens (primary N) is 1. The van der Waals surface area contributed by atoms with Gasteiger partial charge in [-0.2, -0.15) is 4.80 Å². The zero-order valence-electron chi connectivity index (χ0n) is 8.58. The summed E-state index contributed by atoms with van der Waals surface area (Å²) in [4.78, 5) is 1.96. The molecule has 0 saturated carbocycles. The molecular weight excluding hydrogens is 222 g/mol. The molecule has 2 N–H and O–H groups in total. The molecular formula is C10H11N5S. The Hall–Kier alpha value is -1.82. The molecule has 1 aromatic heterocycles. The molecule has 1 heterocycles. The van der Waals surface area contributed by atoms with Crippen LogP contribution in [0, 0.1) is 0 Å². The Morgan fingerprint density at radius 1 is 1.31 bits per heavy atom. The maximum absolute atomic E-state index is 5.40. The third-order valence-electron chi connectivity index (χ3n) is 2.04. The van der Waals surface area contributed by atoms with E-state index < -0.39 is 0 Å². The highest BCUT2D eigenvalue weighted by atomic mass is 32.1. The van der Waals surface area contributed by atoms with Crippen LogP contribution in [0.15, 0.2) is 30.3 Å². The van der Waals surface area contributed by atoms with Crippen LogP contribution in [0.2, 0.25) is 0 Å². The molecule has 0 bridgehead atoms. The third kappa shape index (κ3) is 2.60. The monoisotopic (exact) mass is 233 g/mol. The molecule has 2 aromatic rings. The van der Waals surface area contributed by atoms with Gasteiger partial charge in [0, 0.05) is 12.0 Å². The van der Waals surface area contributed by atoms with Gasteiger partial charge in [0.05, 0.1) is 11.5 Å². The van der Waals surface area contributed by atoms with Gasteiger partial charge in [-0.25, -0.2) is 0 Å². The Labute approximate surface area is 98.3 Å². The first kappa shape index (κ1) is 10.7. The lowest BCUT2D eigenvalue weighted by Crippen LogP contribution is -2.13. The summed E-state index contributed by atoms with van der Waals surface area (Å²) in [5.41, 5.74) is 6.35. The lowest BCUT2D eigenvalue weighted by molar-refractivity contribution is 0.536. The summed E-state index contributed by atoms with van der Waals surface area (Å²) in [5.74, 6) is 0.614. The summed E-state index contributed by atoms with van der Waals surface area (Å²) in [5, 5.41) is 12.1. The molecule has 0 aliphatic carbocycles. The van der Waals surface area contributed by atoms with Crippen LogP contribution in [0.4, 0.5) is 0 Å². The smallest absolute Gasteiger partial charge is 0.204 e. The normalized spacial score (nSPS) is 10.2. The van der Waals surface area contributed by atoms with Crippen LogP contribution in [0.3, 0.4) is 0 Å². The van der Waals surface area contributed by atoms with Gasteiger partial charge >= 0.3 is 0 Å². The van der Waals surface area contributed by atoms with Gasteiger partial charge < -0.3 is 5.73 Å². The maximum Gasteiger partial charge on any atom is 0.204 e. The summed E-state index contributed by atoms with van der Waals surface area (Å²) < 4.78 is 0. The number of tetrazole rings is 1. The van der Waals surface area contributed by atoms with Gasteiger partial charge in [-0.05, 0) is 5.21 Å². The Bertz CT molecular complexity index is 479. The first-order valence-corrected chi connectivity index (χ1v) is 5.28. The van der Waals surface area contributed by atoms with Crippen molar-refractivity contribution in [3.8, 4) is 11.4 Å². The summed E-state index contributed by atoms with van der Waals surface area (Å²) in [6, 6.07) is 9.70. The van der Waals surface area contributed by atoms with E-state index in [0.29, 0.717) is 23.8 Å². The molecule has 5 nitrogen and oxygen atoms in total. The van der Waals surface area contributed by atoms with E-state index >= 15 is 0 Å². The molecule has 6 heteroatoms. The second-order valence-corrected chi connectivity index (χ2v) is 3.82. The van der Waals surface area contributed by atoms with Crippen LogP contribution in [-0.4, -0.2) is 25.2 Å². The molecule has 0 aliphatic heterocycles. The Kier molecular flexibility index (Phi) is 3.21. The van der Waals surface area contributed by atoms with E-state index in [2.05, 4.69) is 15.4 Å². The van der Waals surface area contributed by atoms with Crippen LogP contribution < -0.4 is 5.73 Å². The van der Waals surface area contributed by atoms with Crippen LogP contribution in [0.25, 0.3) is 11.4 Å². The van der Waals surface area contributed by atoms with Crippen molar-refractivity contribution in [2.24, 2.45) is 5.73 Å². The topological polar surface area (TPSA) is 69.6 Å². The molecule has 1 aromatic carbocycles. The van der Waals surface area contributed by atoms with E-state index in [-0.39, 0.29) is 0 Å². The number of aryl methyl sites for hydroxylation is 1. The van der Waals surface area contributed by atoms with Crippen LogP contribution >= 0.6 is 12.2 Å². The fraction of sp³-hybridized carbons (Fsp3) is 0.200. The van der Waals surface area contributed by atoms with E-state index in [1.54, 1.807) is 0 Å². The number of nitrogens with zero attached hydrogens (tertiary/aromatic N) is 4. The SMILES string of the molecule is NC(=S)CCn1nnc(-c2ccccc2)n1. The van der Waals surface area contributed by atoms with Crippen LogP contribution in [0.5, 0.6) is 0 Å². The predicted octanol–water partition coefficient (Wildman–Crippen LogP) is 1.02. The second-order valence-electron chi connectivity index (χ2n) is 3.29. The van der Waals surface area contributed by atoms with E-state index in [1.807, 2.05) is 30.3 Å². The molecule has 0 saturated heterocycles. The summed E-state index contributed by atoms with van der Waals surface area (Å²) >= 11 is 4.78. The van der Waals surface area contributed by atoms with Gasteiger partial charge in [-0.3, -0.25) is 0 Å². The summed E-state index contributed by atoms with van der Waals surface area (Å²) in [6.07, 6.45) is 0.583. The Balaban J connectivity index is 2.11. The van der Waals surface area contributed by atoms with Crippen molar-refractivity contribution in [2.45, 2.75) is 13.0 Å². The highest BCUT2D eigenvalue weighted by Gasteiger charge is 2.04. The Morgan fingerprint density at radius 2 is 2.06 bits per heavy atom. The molecule has 0 atom stereocenters. The van der Waals surface area contributed by atoms with E-state index in [0.717, 1.165) is 5.56 Å². The molecule has 82 valence electrons. The zero-order chi connectivity index (χ0) is 11.4. The molecule has 0 spiro atoms. The molecule has 0 amide bonds. The van der Waals surface area contributed by atoms with Crippen molar-refractivity contribution >= 4 is 17.2 Å². The number of thiocarbonyl (C=S) groups is 1. The minimum Gasteiger partial charge on any atom is -0.393 e. The van der Waals surface area contributed by atoms with Crippen molar-refractivity contribution in [1.29, 1.82) is 0 Å². The third-order valence-corrected chi connectivity index (χ3v) is 2.25. The van der Waals surface area contributed by atoms with Crippen molar-refractivity contribution < 1.29 is 0 Å². The number of benzene rings is 1. The average molecular weight is 233 g/mol. The van der Waals surface area contributed by atoms with Crippen molar-refractivity contribution in [3.05, 3.63) is 30.3 Å². The average Bonchev–Trinajstić information content (AvgIpc) is 2.76. The first-order chi connectivity index (χ1) is 7.75. The summed E-state index contributed by atoms with van der Waals surface area (Å²) in [6.45, 7) is 0.565. The first-order valence-electron chi connectivity index (χ1n) is 4.87. The van der Waals surface area contributed by atoms with Crippen LogP contribution in [0.1, 0.15) is 6.42 Å². The largest absolute Gasteiger partial charge is 0.393 e. The zero-order valence-corrected chi connectivity index (χ0v) is 9.39. The minimum atomic E-state index is 0.457. The summed E-state index contributed by atoms with van der Waals surface area (Å²) in [7, 11) is 0. The maximum atomic E-state index is 5.40. The van der Waals surface area contributed by atoms with Crippen molar-refractivity contribution in [1.82, 2.24) is 20.2 Å². The lowest BCUT2D eigenvalue weighted by atomic mass is 10.2. The van der Waals surface area contributed by atoms with E-state index in [9.17, 15) is 0 Å². The van der Waals surface area contributed by atoms with Crippen molar-refractivity contribution in [3.63, 3.8) is 0 Å². The Morgan fingerprint density at radius 3 is 2.75 bits per heavy atom. The minimum absolute atomic E-state index is 0.457. The highest BCUT2D eigenvalue weighted by molar-refractivity contribution is 7.80. The van der Waals surface area contributed by atoms with Gasteiger partial charge in [0.25, 0.3) is 0 Å². The lowest BCUT2D eigenvalue weighted by Gasteiger charge is -1.95. The van der Waals surface area contributed by atoms with Crippen molar-refractivity contribution in [2.75, 3.05) is 0 Å². The standard InChI is InChI=1S/C10H11N5S/c11-9(16)6-7-15-13-10(12-14-15)8-4-2-1-3-5-8/h1-5H,6-7H2,(H2,11,16). The number of rotatable bonds is 4. The van der Waals surface area contributed by atoms with Crippen LogP contribution in [-0.2, 0) is 6.54 Å². The molecule has 16 heavy (non-hydrogen) atoms.